The number of amides is 3. The third-order valence-electron chi connectivity index (χ3n) is 16.5. The number of pyridine rings is 3. The van der Waals surface area contributed by atoms with E-state index in [9.17, 15) is 34.2 Å². The smallest absolute Gasteiger partial charge is 0.355 e. The summed E-state index contributed by atoms with van der Waals surface area (Å²) in [5.74, 6) is -3.10. The number of aliphatic carboxylic acids is 1. The molecule has 4 aliphatic rings. The molecule has 0 bridgehead atoms. The van der Waals surface area contributed by atoms with Gasteiger partial charge in [-0.1, -0.05) is 69.6 Å². The molecule has 1 aliphatic carbocycles. The Morgan fingerprint density at radius 3 is 2.12 bits per heavy atom. The minimum atomic E-state index is -1.53. The number of fused-ring (bicyclic) bond motifs is 2. The van der Waals surface area contributed by atoms with Gasteiger partial charge in [-0.15, -0.1) is 0 Å². The first-order valence-corrected chi connectivity index (χ1v) is 30.0. The number of aryl methyl sites for hydroxylation is 3. The minimum absolute atomic E-state index is 0.000588. The largest absolute Gasteiger partial charge is 0.480 e. The van der Waals surface area contributed by atoms with Crippen molar-refractivity contribution in [2.75, 3.05) is 49.1 Å². The van der Waals surface area contributed by atoms with E-state index < -0.39 is 41.6 Å². The number of aliphatic hydroxyl groups excluding tert-OH is 1. The average molecular weight is 1230 g/mol. The molecule has 3 N–H and O–H groups in total. The first-order valence-electron chi connectivity index (χ1n) is 29.2. The van der Waals surface area contributed by atoms with Gasteiger partial charge in [-0.2, -0.15) is 4.98 Å². The Morgan fingerprint density at radius 2 is 1.47 bits per heavy atom. The second-order valence-corrected chi connectivity index (χ2v) is 23.4. The maximum absolute atomic E-state index is 16.0. The number of carboxylic acid groups (broad SMARTS) is 1. The number of benzene rings is 3. The van der Waals surface area contributed by atoms with Crippen LogP contribution in [-0.2, 0) is 27.2 Å². The third-order valence-corrected chi connectivity index (χ3v) is 17.1. The molecular formula is C65H64Cl2F2N12O7. The Hall–Kier alpha value is -8.92. The molecule has 0 spiro atoms. The lowest BCUT2D eigenvalue weighted by Gasteiger charge is -2.44. The van der Waals surface area contributed by atoms with Gasteiger partial charge in [0.25, 0.3) is 5.91 Å². The topological polar surface area (TPSA) is 223 Å². The molecule has 454 valence electrons. The molecule has 3 atom stereocenters. The summed E-state index contributed by atoms with van der Waals surface area (Å²) < 4.78 is 32.9. The van der Waals surface area contributed by atoms with Crippen molar-refractivity contribution in [3.8, 4) is 28.2 Å². The molecule has 19 nitrogen and oxygen atoms in total. The highest BCUT2D eigenvalue weighted by molar-refractivity contribution is 6.34. The molecular weight excluding hydrogens is 1170 g/mol. The number of carbonyl (C=O) groups is 4. The number of aliphatic hydroxyl groups is 1. The van der Waals surface area contributed by atoms with Crippen molar-refractivity contribution in [3.05, 3.63) is 169 Å². The molecule has 0 radical (unpaired) electrons. The summed E-state index contributed by atoms with van der Waals surface area (Å²) in [4.78, 5) is 100. The van der Waals surface area contributed by atoms with Crippen LogP contribution in [0.2, 0.25) is 10.0 Å². The van der Waals surface area contributed by atoms with Crippen LogP contribution in [0.4, 0.5) is 26.1 Å². The molecule has 1 saturated carbocycles. The Kier molecular flexibility index (Phi) is 17.0. The lowest BCUT2D eigenvalue weighted by atomic mass is 9.98. The van der Waals surface area contributed by atoms with Gasteiger partial charge in [-0.3, -0.25) is 24.3 Å². The number of hydrogen-bond acceptors (Lipinski definition) is 14. The highest BCUT2D eigenvalue weighted by Gasteiger charge is 2.40. The van der Waals surface area contributed by atoms with Gasteiger partial charge in [0.1, 0.15) is 35.1 Å². The SMILES string of the molecule is C=CC(=O)N1CCN(c2nc(=O)n(-c3c(CC)cc(/C=C/C(=O)N4CCN(C5=NC(O)N(c6c(C)ccnc6C(C)C)c6nc(-c7cc(C(=O)NC8CC8)ccc7F)c(Cl)cc65)[C@@H](C)C4)cc3CC)c3nc(-c4ccccc4F)c(Cl)cc23)[C@@H](C(=O)O)C1. The third kappa shape index (κ3) is 11.5. The van der Waals surface area contributed by atoms with Crippen LogP contribution < -0.4 is 20.8 Å². The fourth-order valence-electron chi connectivity index (χ4n) is 11.9. The van der Waals surface area contributed by atoms with E-state index in [4.69, 9.17) is 43.1 Å². The molecule has 7 heterocycles. The summed E-state index contributed by atoms with van der Waals surface area (Å²) in [5, 5.41) is 26.0. The summed E-state index contributed by atoms with van der Waals surface area (Å²) in [6.45, 7) is 15.8. The van der Waals surface area contributed by atoms with Crippen LogP contribution in [-0.4, -0.2) is 143 Å². The van der Waals surface area contributed by atoms with Gasteiger partial charge in [0.2, 0.25) is 18.2 Å². The molecule has 11 rings (SSSR count). The number of carboxylic acids is 1. The summed E-state index contributed by atoms with van der Waals surface area (Å²) in [6.07, 6.45) is 7.01. The van der Waals surface area contributed by atoms with E-state index in [1.165, 1.54) is 62.9 Å². The molecule has 3 aliphatic heterocycles. The van der Waals surface area contributed by atoms with Crippen LogP contribution >= 0.6 is 23.2 Å². The van der Waals surface area contributed by atoms with Gasteiger partial charge < -0.3 is 35.1 Å². The number of halogens is 4. The highest BCUT2D eigenvalue weighted by Crippen LogP contribution is 2.44. The zero-order chi connectivity index (χ0) is 62.6. The van der Waals surface area contributed by atoms with Crippen molar-refractivity contribution in [2.24, 2.45) is 4.99 Å². The molecule has 88 heavy (non-hydrogen) atoms. The van der Waals surface area contributed by atoms with Gasteiger partial charge in [-0.05, 0) is 141 Å². The molecule has 3 amide bonds. The predicted molar refractivity (Wildman–Crippen MR) is 334 cm³/mol. The summed E-state index contributed by atoms with van der Waals surface area (Å²) in [6, 6.07) is 17.1. The Balaban J connectivity index is 0.907. The summed E-state index contributed by atoms with van der Waals surface area (Å²) in [5.41, 5.74) is 4.60. The van der Waals surface area contributed by atoms with Gasteiger partial charge >= 0.3 is 11.7 Å². The zero-order valence-electron chi connectivity index (χ0n) is 49.3. The van der Waals surface area contributed by atoms with Gasteiger partial charge in [0.15, 0.2) is 5.65 Å². The lowest BCUT2D eigenvalue weighted by Crippen LogP contribution is -2.58. The number of amidine groups is 1. The maximum Gasteiger partial charge on any atom is 0.355 e. The predicted octanol–water partition coefficient (Wildman–Crippen LogP) is 9.65. The first-order chi connectivity index (χ1) is 42.2. The molecule has 3 fully saturated rings. The second-order valence-electron chi connectivity index (χ2n) is 22.6. The van der Waals surface area contributed by atoms with Crippen LogP contribution in [0.1, 0.15) is 97.2 Å². The summed E-state index contributed by atoms with van der Waals surface area (Å²) >= 11 is 14.0. The van der Waals surface area contributed by atoms with Crippen molar-refractivity contribution in [2.45, 2.75) is 97.6 Å². The minimum Gasteiger partial charge on any atom is -0.480 e. The van der Waals surface area contributed by atoms with Crippen molar-refractivity contribution in [3.63, 3.8) is 0 Å². The Morgan fingerprint density at radius 1 is 0.795 bits per heavy atom. The van der Waals surface area contributed by atoms with Crippen molar-refractivity contribution in [1.82, 2.24) is 44.5 Å². The van der Waals surface area contributed by atoms with Gasteiger partial charge in [-0.25, -0.2) is 37.9 Å². The number of anilines is 3. The van der Waals surface area contributed by atoms with E-state index in [1.54, 1.807) is 34.2 Å². The van der Waals surface area contributed by atoms with Crippen LogP contribution in [0.15, 0.2) is 108 Å². The van der Waals surface area contributed by atoms with E-state index in [0.717, 1.165) is 24.5 Å². The maximum atomic E-state index is 16.0. The Bertz CT molecular complexity index is 4130. The molecule has 4 aromatic heterocycles. The number of aliphatic imine (C=N–C) groups is 1. The van der Waals surface area contributed by atoms with Gasteiger partial charge in [0.05, 0.1) is 56.0 Å². The fourth-order valence-corrected chi connectivity index (χ4v) is 12.4. The number of nitrogens with zero attached hydrogens (tertiary/aromatic N) is 11. The van der Waals surface area contributed by atoms with E-state index in [0.29, 0.717) is 58.0 Å². The first kappa shape index (κ1) is 60.8. The molecule has 2 saturated heterocycles. The quantitative estimate of drug-likeness (QED) is 0.0863. The zero-order valence-corrected chi connectivity index (χ0v) is 50.8. The van der Waals surface area contributed by atoms with Crippen molar-refractivity contribution >= 4 is 87.2 Å². The number of hydrogen-bond donors (Lipinski definition) is 3. The normalized spacial score (nSPS) is 17.8. The average Bonchev–Trinajstić information content (AvgIpc) is 0.815. The number of nitrogens with one attached hydrogen (secondary N) is 1. The number of piperazine rings is 2. The van der Waals surface area contributed by atoms with E-state index in [2.05, 4.69) is 16.9 Å². The number of carbonyl (C=O) groups excluding carboxylic acids is 3. The summed E-state index contributed by atoms with van der Waals surface area (Å²) in [7, 11) is 0. The lowest BCUT2D eigenvalue weighted by molar-refractivity contribution is -0.140. The van der Waals surface area contributed by atoms with E-state index in [-0.39, 0.29) is 130 Å². The van der Waals surface area contributed by atoms with Crippen molar-refractivity contribution < 1.29 is 38.2 Å². The molecule has 1 unspecified atom stereocenters. The highest BCUT2D eigenvalue weighted by atomic mass is 35.5. The van der Waals surface area contributed by atoms with Crippen molar-refractivity contribution in [1.29, 1.82) is 0 Å². The van der Waals surface area contributed by atoms with Crippen LogP contribution in [0, 0.1) is 18.6 Å². The molecule has 7 aromatic rings. The van der Waals surface area contributed by atoms with E-state index in [1.807, 2.05) is 64.6 Å². The Labute approximate surface area is 516 Å². The van der Waals surface area contributed by atoms with E-state index >= 15 is 8.78 Å². The molecule has 23 heteroatoms. The molecule has 3 aromatic carbocycles. The van der Waals surface area contributed by atoms with Gasteiger partial charge in [0, 0.05) is 73.8 Å². The van der Waals surface area contributed by atoms with Crippen LogP contribution in [0.5, 0.6) is 0 Å². The van der Waals surface area contributed by atoms with Crippen LogP contribution in [0.25, 0.3) is 45.3 Å². The number of aromatic nitrogens is 5. The second kappa shape index (κ2) is 24.7. The monoisotopic (exact) mass is 1230 g/mol. The number of rotatable bonds is 14. The fraction of sp³-hybridized carbons (Fsp3) is 0.323. The van der Waals surface area contributed by atoms with Crippen LogP contribution in [0.3, 0.4) is 0 Å². The standard InChI is InChI=1S/C65H64Cl2F2N12O7/c1-8-38-27-37(28-39(9-2)57(38)81-61-45(31-46(66)54(72-61)42-13-11-12-14-48(42)68)59(75-65(81)88)79-26-24-77(51(82)10-3)33-50(79)63(85)86)15-20-52(83)76-23-25-78(36(7)32-76)58-44-30-47(67)55(43-29-40(16-19-49(43)69)62(84)71-41-17-18-41)73-60(44)80(64(87)74-58)56-35(6)21-22-70-53(56)34(4)5/h10-16,19-22,27-31,34,36,41,50,64,87H,3,8-9,17-18,23-26,32-33H2,1-2,4-7H3,(H,71,84)(H,85,86)/b20-15+/t36-,50+,64?/m0/s1.